The van der Waals surface area contributed by atoms with Gasteiger partial charge in [0.1, 0.15) is 0 Å². The van der Waals surface area contributed by atoms with Crippen LogP contribution in [0.15, 0.2) is 0 Å². The molecule has 3 nitrogen and oxygen atoms in total. The molecule has 5 saturated carbocycles. The summed E-state index contributed by atoms with van der Waals surface area (Å²) in [7, 11) is 0. The lowest BCUT2D eigenvalue weighted by atomic mass is 9.54. The average Bonchev–Trinajstić information content (AvgIpc) is 2.51. The third kappa shape index (κ3) is 3.37. The van der Waals surface area contributed by atoms with Gasteiger partial charge in [-0.15, -0.1) is 0 Å². The van der Waals surface area contributed by atoms with Crippen molar-refractivity contribution in [3.05, 3.63) is 0 Å². The molecule has 1 atom stereocenters. The van der Waals surface area contributed by atoms with Crippen LogP contribution in [0.25, 0.3) is 0 Å². The number of ether oxygens (including phenoxy) is 1. The zero-order valence-corrected chi connectivity index (χ0v) is 13.9. The number of aliphatic hydroxyl groups excluding tert-OH is 1. The number of hydrogen-bond donors (Lipinski definition) is 2. The second-order valence-corrected chi connectivity index (χ2v) is 8.81. The third-order valence-corrected chi connectivity index (χ3v) is 6.81. The summed E-state index contributed by atoms with van der Waals surface area (Å²) in [6.45, 7) is 1.24. The second kappa shape index (κ2) is 6.41. The van der Waals surface area contributed by atoms with Crippen molar-refractivity contribution in [1.82, 2.24) is 5.32 Å². The first-order valence-corrected chi connectivity index (χ1v) is 9.76. The van der Waals surface area contributed by atoms with Crippen molar-refractivity contribution in [2.75, 3.05) is 13.2 Å². The van der Waals surface area contributed by atoms with Crippen molar-refractivity contribution < 1.29 is 9.84 Å². The van der Waals surface area contributed by atoms with Gasteiger partial charge in [-0.1, -0.05) is 19.3 Å². The van der Waals surface area contributed by atoms with E-state index in [2.05, 4.69) is 5.32 Å². The molecule has 5 fully saturated rings. The lowest BCUT2D eigenvalue weighted by Gasteiger charge is -2.56. The van der Waals surface area contributed by atoms with E-state index < -0.39 is 0 Å². The maximum absolute atomic E-state index is 10.3. The molecule has 0 aromatic rings. The standard InChI is InChI=1S/C19H33NO2/c21-18(12-20-17-4-2-1-3-5-17)13-22-19-9-14-6-15(10-19)8-16(7-14)11-19/h14-18,20-21H,1-13H2. The summed E-state index contributed by atoms with van der Waals surface area (Å²) in [5.41, 5.74) is 0.139. The Morgan fingerprint density at radius 3 is 2.14 bits per heavy atom. The quantitative estimate of drug-likeness (QED) is 0.791. The van der Waals surface area contributed by atoms with Crippen molar-refractivity contribution in [2.24, 2.45) is 17.8 Å². The van der Waals surface area contributed by atoms with Gasteiger partial charge < -0.3 is 15.2 Å². The molecule has 5 aliphatic carbocycles. The number of nitrogens with one attached hydrogen (secondary N) is 1. The van der Waals surface area contributed by atoms with Gasteiger partial charge >= 0.3 is 0 Å². The van der Waals surface area contributed by atoms with Crippen molar-refractivity contribution in [1.29, 1.82) is 0 Å². The highest BCUT2D eigenvalue weighted by Gasteiger charge is 2.51. The first kappa shape index (κ1) is 15.4. The highest BCUT2D eigenvalue weighted by Crippen LogP contribution is 2.57. The highest BCUT2D eigenvalue weighted by molar-refractivity contribution is 5.03. The normalized spacial score (nSPS) is 42.7. The van der Waals surface area contributed by atoms with Gasteiger partial charge in [-0.05, 0) is 69.1 Å². The fourth-order valence-corrected chi connectivity index (χ4v) is 6.15. The zero-order valence-electron chi connectivity index (χ0n) is 13.9. The van der Waals surface area contributed by atoms with Gasteiger partial charge in [0.15, 0.2) is 0 Å². The maximum Gasteiger partial charge on any atom is 0.0898 e. The molecule has 1 unspecified atom stereocenters. The van der Waals surface area contributed by atoms with Crippen LogP contribution in [-0.4, -0.2) is 36.0 Å². The Bertz CT molecular complexity index is 342. The van der Waals surface area contributed by atoms with E-state index in [1.807, 2.05) is 0 Å². The molecule has 0 heterocycles. The zero-order chi connectivity index (χ0) is 15.0. The predicted molar refractivity (Wildman–Crippen MR) is 87.7 cm³/mol. The van der Waals surface area contributed by atoms with E-state index in [9.17, 15) is 5.11 Å². The molecule has 5 rings (SSSR count). The van der Waals surface area contributed by atoms with E-state index in [1.165, 1.54) is 70.6 Å². The molecule has 4 bridgehead atoms. The first-order valence-electron chi connectivity index (χ1n) is 9.76. The lowest BCUT2D eigenvalue weighted by molar-refractivity contribution is -0.174. The molecular weight excluding hydrogens is 274 g/mol. The smallest absolute Gasteiger partial charge is 0.0898 e. The van der Waals surface area contributed by atoms with Crippen molar-refractivity contribution in [2.45, 2.75) is 88.4 Å². The van der Waals surface area contributed by atoms with Gasteiger partial charge in [0, 0.05) is 12.6 Å². The Kier molecular flexibility index (Phi) is 4.49. The molecule has 0 saturated heterocycles. The minimum Gasteiger partial charge on any atom is -0.389 e. The summed E-state index contributed by atoms with van der Waals surface area (Å²) < 4.78 is 6.35. The summed E-state index contributed by atoms with van der Waals surface area (Å²) in [5, 5.41) is 13.8. The predicted octanol–water partition coefficient (Wildman–Crippen LogP) is 3.26. The van der Waals surface area contributed by atoms with E-state index in [0.717, 1.165) is 17.8 Å². The molecule has 0 radical (unpaired) electrons. The molecule has 2 N–H and O–H groups in total. The van der Waals surface area contributed by atoms with Crippen LogP contribution >= 0.6 is 0 Å². The Morgan fingerprint density at radius 2 is 1.55 bits per heavy atom. The summed E-state index contributed by atoms with van der Waals surface area (Å²) in [6.07, 6.45) is 14.5. The average molecular weight is 307 g/mol. The van der Waals surface area contributed by atoms with Gasteiger partial charge in [0.25, 0.3) is 0 Å². The van der Waals surface area contributed by atoms with Crippen molar-refractivity contribution in [3.8, 4) is 0 Å². The highest BCUT2D eigenvalue weighted by atomic mass is 16.5. The second-order valence-electron chi connectivity index (χ2n) is 8.81. The van der Waals surface area contributed by atoms with Gasteiger partial charge in [-0.3, -0.25) is 0 Å². The number of hydrogen-bond acceptors (Lipinski definition) is 3. The van der Waals surface area contributed by atoms with Crippen LogP contribution in [0.1, 0.15) is 70.6 Å². The van der Waals surface area contributed by atoms with Crippen LogP contribution in [0.4, 0.5) is 0 Å². The SMILES string of the molecule is OC(CNC1CCCCC1)COC12CC3CC(CC(C3)C1)C2. The minimum atomic E-state index is -0.338. The van der Waals surface area contributed by atoms with E-state index in [0.29, 0.717) is 19.2 Å². The van der Waals surface area contributed by atoms with Crippen LogP contribution in [0.2, 0.25) is 0 Å². The van der Waals surface area contributed by atoms with Crippen LogP contribution in [-0.2, 0) is 4.74 Å². The Balaban J connectivity index is 1.22. The van der Waals surface area contributed by atoms with E-state index in [1.54, 1.807) is 0 Å². The molecule has 0 spiro atoms. The topological polar surface area (TPSA) is 41.5 Å². The molecular formula is C19H33NO2. The third-order valence-electron chi connectivity index (χ3n) is 6.81. The summed E-state index contributed by atoms with van der Waals surface area (Å²) in [5.74, 6) is 2.76. The molecule has 0 aliphatic heterocycles. The monoisotopic (exact) mass is 307 g/mol. The fraction of sp³-hybridized carbons (Fsp3) is 1.00. The molecule has 0 aromatic heterocycles. The van der Waals surface area contributed by atoms with E-state index in [-0.39, 0.29) is 11.7 Å². The number of rotatable bonds is 6. The summed E-state index contributed by atoms with van der Waals surface area (Å²) in [6, 6.07) is 0.628. The molecule has 126 valence electrons. The maximum atomic E-state index is 10.3. The molecule has 5 aliphatic rings. The lowest BCUT2D eigenvalue weighted by Crippen LogP contribution is -2.53. The summed E-state index contributed by atoms with van der Waals surface area (Å²) >= 11 is 0. The summed E-state index contributed by atoms with van der Waals surface area (Å²) in [4.78, 5) is 0. The Labute approximate surface area is 135 Å². The van der Waals surface area contributed by atoms with Crippen LogP contribution in [0.3, 0.4) is 0 Å². The number of aliphatic hydroxyl groups is 1. The largest absolute Gasteiger partial charge is 0.389 e. The molecule has 3 heteroatoms. The molecule has 0 aromatic carbocycles. The fourth-order valence-electron chi connectivity index (χ4n) is 6.15. The minimum absolute atomic E-state index is 0.139. The van der Waals surface area contributed by atoms with Crippen LogP contribution < -0.4 is 5.32 Å². The Hall–Kier alpha value is -0.120. The molecule has 22 heavy (non-hydrogen) atoms. The van der Waals surface area contributed by atoms with Crippen molar-refractivity contribution >= 4 is 0 Å². The van der Waals surface area contributed by atoms with Crippen molar-refractivity contribution in [3.63, 3.8) is 0 Å². The van der Waals surface area contributed by atoms with E-state index >= 15 is 0 Å². The van der Waals surface area contributed by atoms with Crippen LogP contribution in [0.5, 0.6) is 0 Å². The molecule has 0 amide bonds. The first-order chi connectivity index (χ1) is 10.7. The van der Waals surface area contributed by atoms with Gasteiger partial charge in [-0.25, -0.2) is 0 Å². The van der Waals surface area contributed by atoms with E-state index in [4.69, 9.17) is 4.74 Å². The van der Waals surface area contributed by atoms with Crippen LogP contribution in [0, 0.1) is 17.8 Å². The van der Waals surface area contributed by atoms with Gasteiger partial charge in [0.2, 0.25) is 0 Å². The van der Waals surface area contributed by atoms with Gasteiger partial charge in [-0.2, -0.15) is 0 Å². The van der Waals surface area contributed by atoms with Gasteiger partial charge in [0.05, 0.1) is 18.3 Å². The Morgan fingerprint density at radius 1 is 0.955 bits per heavy atom.